The Hall–Kier alpha value is -3.12. The number of likely N-dealkylation sites (tertiary alicyclic amines) is 1. The van der Waals surface area contributed by atoms with E-state index in [-0.39, 0.29) is 28.9 Å². The number of hydrogen-bond acceptors (Lipinski definition) is 5. The fraction of sp³-hybridized carbons (Fsp3) is 0.467. The second kappa shape index (κ2) is 8.77. The Balaban J connectivity index is 1.18. The van der Waals surface area contributed by atoms with Crippen molar-refractivity contribution in [3.63, 3.8) is 0 Å². The predicted octanol–water partition coefficient (Wildman–Crippen LogP) is 5.80. The minimum Gasteiger partial charge on any atom is -0.490 e. The van der Waals surface area contributed by atoms with Crippen LogP contribution in [0, 0.1) is 11.3 Å². The highest BCUT2D eigenvalue weighted by Gasteiger charge is 2.53. The summed E-state index contributed by atoms with van der Waals surface area (Å²) in [6.45, 7) is 9.15. The van der Waals surface area contributed by atoms with Crippen molar-refractivity contribution in [2.24, 2.45) is 11.3 Å². The average molecular weight is 487 g/mol. The van der Waals surface area contributed by atoms with Crippen LogP contribution in [-0.2, 0) is 4.74 Å². The number of amides is 1. The lowest BCUT2D eigenvalue weighted by Gasteiger charge is -2.54. The lowest BCUT2D eigenvalue weighted by molar-refractivity contribution is -0.173. The molecule has 3 aliphatic rings. The molecule has 2 saturated heterocycles. The van der Waals surface area contributed by atoms with E-state index in [1.54, 1.807) is 6.20 Å². The molecule has 6 nitrogen and oxygen atoms in total. The monoisotopic (exact) mass is 486 g/mol. The van der Waals surface area contributed by atoms with Crippen molar-refractivity contribution < 1.29 is 19.0 Å². The fourth-order valence-corrected chi connectivity index (χ4v) is 6.33. The van der Waals surface area contributed by atoms with Crippen molar-refractivity contribution in [1.29, 1.82) is 0 Å². The Labute approximate surface area is 212 Å². The molecular formula is C30H34N2O4. The molecule has 0 unspecified atom stereocenters. The van der Waals surface area contributed by atoms with Gasteiger partial charge in [0, 0.05) is 41.7 Å². The Kier molecular flexibility index (Phi) is 5.67. The Bertz CT molecular complexity index is 1300. The molecule has 3 aromatic rings. The van der Waals surface area contributed by atoms with E-state index >= 15 is 0 Å². The number of rotatable bonds is 3. The summed E-state index contributed by atoms with van der Waals surface area (Å²) in [6, 6.07) is 15.8. The quantitative estimate of drug-likeness (QED) is 0.468. The SMILES string of the molecule is CCOc1cccc2c1OC(C)(C)[C@H]1CC3(CCN(C(=O)c4ccc5ncccc5c4)CC3)CO[C@H]21. The molecule has 3 aliphatic heterocycles. The number of aromatic nitrogens is 1. The molecule has 6 rings (SSSR count). The standard InChI is InChI=1S/C30H34N2O4/c1-4-34-25-9-5-8-22-26-23(29(2,3)36-27(22)25)18-30(19-35-26)12-15-32(16-13-30)28(33)21-10-11-24-20(17-21)7-6-14-31-24/h5-11,14,17,23,26H,4,12-13,15-16,18-19H2,1-3H3/t23-,26+/m0/s1. The van der Waals surface area contributed by atoms with E-state index in [1.165, 1.54) is 0 Å². The van der Waals surface area contributed by atoms with Gasteiger partial charge < -0.3 is 19.1 Å². The summed E-state index contributed by atoms with van der Waals surface area (Å²) in [4.78, 5) is 19.7. The third kappa shape index (κ3) is 3.92. The largest absolute Gasteiger partial charge is 0.490 e. The molecule has 6 heteroatoms. The Morgan fingerprint density at radius 1 is 1.14 bits per heavy atom. The number of ether oxygens (including phenoxy) is 3. The Morgan fingerprint density at radius 2 is 1.97 bits per heavy atom. The topological polar surface area (TPSA) is 60.9 Å². The number of pyridine rings is 1. The third-order valence-corrected chi connectivity index (χ3v) is 8.42. The molecule has 1 amide bonds. The van der Waals surface area contributed by atoms with Crippen LogP contribution in [0.3, 0.4) is 0 Å². The van der Waals surface area contributed by atoms with Crippen molar-refractivity contribution >= 4 is 16.8 Å². The van der Waals surface area contributed by atoms with Gasteiger partial charge in [-0.25, -0.2) is 0 Å². The van der Waals surface area contributed by atoms with Crippen LogP contribution in [0.1, 0.15) is 62.1 Å². The van der Waals surface area contributed by atoms with Gasteiger partial charge in [-0.1, -0.05) is 18.2 Å². The summed E-state index contributed by atoms with van der Waals surface area (Å²) in [7, 11) is 0. The van der Waals surface area contributed by atoms with E-state index in [0.717, 1.165) is 65.9 Å². The molecular weight excluding hydrogens is 452 g/mol. The van der Waals surface area contributed by atoms with Crippen molar-refractivity contribution in [1.82, 2.24) is 9.88 Å². The van der Waals surface area contributed by atoms with Crippen LogP contribution in [-0.4, -0.2) is 47.7 Å². The van der Waals surface area contributed by atoms with Crippen molar-refractivity contribution in [2.45, 2.75) is 51.7 Å². The number of hydrogen-bond donors (Lipinski definition) is 0. The minimum atomic E-state index is -0.371. The number of nitrogens with zero attached hydrogens (tertiary/aromatic N) is 2. The lowest BCUT2D eigenvalue weighted by atomic mass is 9.64. The number of fused-ring (bicyclic) bond motifs is 4. The van der Waals surface area contributed by atoms with Gasteiger partial charge in [-0.3, -0.25) is 9.78 Å². The van der Waals surface area contributed by atoms with Crippen molar-refractivity contribution in [3.8, 4) is 11.5 Å². The molecule has 0 bridgehead atoms. The summed E-state index contributed by atoms with van der Waals surface area (Å²) in [5.41, 5.74) is 2.44. The zero-order valence-corrected chi connectivity index (χ0v) is 21.3. The molecule has 2 atom stereocenters. The normalized spacial score (nSPS) is 24.0. The molecule has 36 heavy (non-hydrogen) atoms. The maximum absolute atomic E-state index is 13.3. The first-order valence-corrected chi connectivity index (χ1v) is 13.1. The number of carbonyl (C=O) groups is 1. The fourth-order valence-electron chi connectivity index (χ4n) is 6.33. The molecule has 4 heterocycles. The summed E-state index contributed by atoms with van der Waals surface area (Å²) >= 11 is 0. The highest BCUT2D eigenvalue weighted by Crippen LogP contribution is 2.57. The highest BCUT2D eigenvalue weighted by molar-refractivity contribution is 5.98. The molecule has 1 spiro atoms. The minimum absolute atomic E-state index is 0.000604. The molecule has 2 aromatic carbocycles. The molecule has 1 aromatic heterocycles. The van der Waals surface area contributed by atoms with E-state index in [4.69, 9.17) is 14.2 Å². The molecule has 0 saturated carbocycles. The van der Waals surface area contributed by atoms with Crippen LogP contribution >= 0.6 is 0 Å². The number of carbonyl (C=O) groups excluding carboxylic acids is 1. The van der Waals surface area contributed by atoms with Crippen molar-refractivity contribution in [3.05, 3.63) is 65.9 Å². The summed E-state index contributed by atoms with van der Waals surface area (Å²) in [5, 5.41) is 0.996. The summed E-state index contributed by atoms with van der Waals surface area (Å²) in [5.74, 6) is 1.96. The van der Waals surface area contributed by atoms with Gasteiger partial charge in [0.05, 0.1) is 24.8 Å². The highest BCUT2D eigenvalue weighted by atomic mass is 16.5. The first kappa shape index (κ1) is 23.3. The van der Waals surface area contributed by atoms with Crippen LogP contribution in [0.4, 0.5) is 0 Å². The molecule has 188 valence electrons. The van der Waals surface area contributed by atoms with Crippen LogP contribution in [0.2, 0.25) is 0 Å². The average Bonchev–Trinajstić information content (AvgIpc) is 2.89. The van der Waals surface area contributed by atoms with Gasteiger partial charge in [-0.15, -0.1) is 0 Å². The van der Waals surface area contributed by atoms with Gasteiger partial charge >= 0.3 is 0 Å². The van der Waals surface area contributed by atoms with Gasteiger partial charge in [-0.05, 0) is 75.8 Å². The third-order valence-electron chi connectivity index (χ3n) is 8.42. The smallest absolute Gasteiger partial charge is 0.253 e. The molecule has 0 N–H and O–H groups in total. The van der Waals surface area contributed by atoms with E-state index in [2.05, 4.69) is 24.9 Å². The second-order valence-corrected chi connectivity index (χ2v) is 11.1. The van der Waals surface area contributed by atoms with Gasteiger partial charge in [0.1, 0.15) is 5.60 Å². The van der Waals surface area contributed by atoms with Gasteiger partial charge in [-0.2, -0.15) is 0 Å². The zero-order valence-electron chi connectivity index (χ0n) is 21.3. The van der Waals surface area contributed by atoms with Crippen LogP contribution in [0.25, 0.3) is 10.9 Å². The van der Waals surface area contributed by atoms with E-state index < -0.39 is 0 Å². The maximum atomic E-state index is 13.3. The van der Waals surface area contributed by atoms with E-state index in [1.807, 2.05) is 54.3 Å². The van der Waals surface area contributed by atoms with Crippen molar-refractivity contribution in [2.75, 3.05) is 26.3 Å². The van der Waals surface area contributed by atoms with Gasteiger partial charge in [0.25, 0.3) is 5.91 Å². The number of benzene rings is 2. The van der Waals surface area contributed by atoms with E-state index in [0.29, 0.717) is 13.2 Å². The molecule has 0 radical (unpaired) electrons. The van der Waals surface area contributed by atoms with Gasteiger partial charge in [0.2, 0.25) is 0 Å². The summed E-state index contributed by atoms with van der Waals surface area (Å²) in [6.07, 6.45) is 4.70. The van der Waals surface area contributed by atoms with Crippen LogP contribution < -0.4 is 9.47 Å². The molecule has 0 aliphatic carbocycles. The second-order valence-electron chi connectivity index (χ2n) is 11.1. The summed E-state index contributed by atoms with van der Waals surface area (Å²) < 4.78 is 19.1. The number of para-hydroxylation sites is 1. The lowest BCUT2D eigenvalue weighted by Crippen LogP contribution is -2.54. The van der Waals surface area contributed by atoms with Crippen LogP contribution in [0.15, 0.2) is 54.7 Å². The first-order valence-electron chi connectivity index (χ1n) is 13.1. The van der Waals surface area contributed by atoms with Gasteiger partial charge in [0.15, 0.2) is 11.5 Å². The Morgan fingerprint density at radius 3 is 2.78 bits per heavy atom. The van der Waals surface area contributed by atoms with E-state index in [9.17, 15) is 4.79 Å². The van der Waals surface area contributed by atoms with Crippen LogP contribution in [0.5, 0.6) is 11.5 Å². The predicted molar refractivity (Wildman–Crippen MR) is 138 cm³/mol. The molecule has 2 fully saturated rings. The zero-order chi connectivity index (χ0) is 24.9. The first-order chi connectivity index (χ1) is 17.4. The number of piperidine rings is 1. The maximum Gasteiger partial charge on any atom is 0.253 e.